The van der Waals surface area contributed by atoms with Crippen molar-refractivity contribution in [3.05, 3.63) is 17.5 Å². The summed E-state index contributed by atoms with van der Waals surface area (Å²) in [6, 6.07) is 0.155. The van der Waals surface area contributed by atoms with E-state index in [0.29, 0.717) is 5.41 Å². The highest BCUT2D eigenvalue weighted by Crippen LogP contribution is 2.49. The fourth-order valence-electron chi connectivity index (χ4n) is 4.01. The van der Waals surface area contributed by atoms with E-state index in [2.05, 4.69) is 27.8 Å². The molecule has 1 aliphatic heterocycles. The molecule has 0 amide bonds. The molecule has 124 valence electrons. The van der Waals surface area contributed by atoms with Crippen molar-refractivity contribution in [2.45, 2.75) is 45.2 Å². The number of hydrogen-bond acceptors (Lipinski definition) is 4. The Balaban J connectivity index is 1.49. The number of piperidine rings is 1. The number of likely N-dealkylation sites (tertiary alicyclic amines) is 1. The van der Waals surface area contributed by atoms with E-state index in [0.717, 1.165) is 38.2 Å². The third kappa shape index (κ3) is 3.52. The summed E-state index contributed by atoms with van der Waals surface area (Å²) < 4.78 is 27.1. The molecule has 1 saturated heterocycles. The average Bonchev–Trinajstić information content (AvgIpc) is 2.67. The van der Waals surface area contributed by atoms with Crippen molar-refractivity contribution in [3.8, 4) is 0 Å². The predicted octanol–water partition coefficient (Wildman–Crippen LogP) is 1.02. The van der Waals surface area contributed by atoms with Crippen LogP contribution in [0.15, 0.2) is 6.20 Å². The zero-order valence-electron chi connectivity index (χ0n) is 13.7. The van der Waals surface area contributed by atoms with Crippen molar-refractivity contribution in [2.75, 3.05) is 19.3 Å². The van der Waals surface area contributed by atoms with E-state index in [-0.39, 0.29) is 6.04 Å². The van der Waals surface area contributed by atoms with Gasteiger partial charge in [-0.1, -0.05) is 0 Å². The lowest BCUT2D eigenvalue weighted by atomic mass is 9.60. The van der Waals surface area contributed by atoms with Gasteiger partial charge in [-0.3, -0.25) is 9.58 Å². The summed E-state index contributed by atoms with van der Waals surface area (Å²) in [5.41, 5.74) is 2.80. The molecule has 6 nitrogen and oxygen atoms in total. The van der Waals surface area contributed by atoms with Gasteiger partial charge in [0.15, 0.2) is 0 Å². The second kappa shape index (κ2) is 5.62. The summed E-state index contributed by atoms with van der Waals surface area (Å²) in [6.07, 6.45) is 7.70. The fourth-order valence-corrected chi connectivity index (χ4v) is 4.78. The van der Waals surface area contributed by atoms with Gasteiger partial charge in [-0.05, 0) is 51.1 Å². The lowest BCUT2D eigenvalue weighted by Crippen LogP contribution is -2.54. The average molecular weight is 326 g/mol. The molecule has 2 fully saturated rings. The van der Waals surface area contributed by atoms with Crippen LogP contribution in [0.2, 0.25) is 0 Å². The summed E-state index contributed by atoms with van der Waals surface area (Å²) in [5, 5.41) is 4.40. The van der Waals surface area contributed by atoms with Crippen LogP contribution in [0, 0.1) is 12.3 Å². The number of sulfonamides is 1. The molecule has 1 saturated carbocycles. The first-order valence-electron chi connectivity index (χ1n) is 7.94. The first-order valence-corrected chi connectivity index (χ1v) is 9.83. The maximum Gasteiger partial charge on any atom is 0.208 e. The largest absolute Gasteiger partial charge is 0.299 e. The lowest BCUT2D eigenvalue weighted by molar-refractivity contribution is 0.0106. The topological polar surface area (TPSA) is 67.2 Å². The van der Waals surface area contributed by atoms with Crippen LogP contribution in [0.3, 0.4) is 0 Å². The third-order valence-corrected chi connectivity index (χ3v) is 5.93. The number of aryl methyl sites for hydroxylation is 2. The van der Waals surface area contributed by atoms with Crippen LogP contribution in [-0.4, -0.2) is 48.5 Å². The molecule has 0 unspecified atom stereocenters. The van der Waals surface area contributed by atoms with Gasteiger partial charge < -0.3 is 0 Å². The van der Waals surface area contributed by atoms with E-state index in [1.165, 1.54) is 24.7 Å². The minimum atomic E-state index is -3.06. The molecular formula is C15H26N4O2S. The zero-order valence-corrected chi connectivity index (χ0v) is 14.5. The van der Waals surface area contributed by atoms with Gasteiger partial charge in [0.05, 0.1) is 11.9 Å². The molecule has 0 radical (unpaired) electrons. The Morgan fingerprint density at radius 1 is 1.36 bits per heavy atom. The standard InChI is InChI=1S/C15H26N4O2S/c1-12-13(10-18(2)16-12)11-19-6-4-15(5-7-19)8-14(9-15)17-22(3,20)21/h10,14,17H,4-9,11H2,1-3H3. The Morgan fingerprint density at radius 2 is 2.00 bits per heavy atom. The SMILES string of the molecule is Cc1nn(C)cc1CN1CCC2(CC1)CC(NS(C)(=O)=O)C2. The van der Waals surface area contributed by atoms with Gasteiger partial charge in [0.1, 0.15) is 0 Å². The van der Waals surface area contributed by atoms with Gasteiger partial charge in [0.2, 0.25) is 10.0 Å². The molecule has 22 heavy (non-hydrogen) atoms. The Labute approximate surface area is 132 Å². The highest BCUT2D eigenvalue weighted by atomic mass is 32.2. The fraction of sp³-hybridized carbons (Fsp3) is 0.800. The minimum Gasteiger partial charge on any atom is -0.299 e. The molecule has 1 spiro atoms. The van der Waals surface area contributed by atoms with E-state index < -0.39 is 10.0 Å². The van der Waals surface area contributed by atoms with Crippen LogP contribution in [0.4, 0.5) is 0 Å². The van der Waals surface area contributed by atoms with Crippen LogP contribution < -0.4 is 4.72 Å². The molecule has 0 aromatic carbocycles. The Morgan fingerprint density at radius 3 is 2.50 bits per heavy atom. The lowest BCUT2D eigenvalue weighted by Gasteiger charge is -2.52. The second-order valence-corrected chi connectivity index (χ2v) is 8.96. The molecule has 3 rings (SSSR count). The number of aromatic nitrogens is 2. The molecule has 0 bridgehead atoms. The van der Waals surface area contributed by atoms with Crippen molar-refractivity contribution in [1.82, 2.24) is 19.4 Å². The van der Waals surface area contributed by atoms with Gasteiger partial charge in [-0.25, -0.2) is 13.1 Å². The molecule has 1 N–H and O–H groups in total. The van der Waals surface area contributed by atoms with Crippen LogP contribution >= 0.6 is 0 Å². The highest BCUT2D eigenvalue weighted by molar-refractivity contribution is 7.88. The Hall–Kier alpha value is -0.920. The number of nitrogens with one attached hydrogen (secondary N) is 1. The van der Waals surface area contributed by atoms with E-state index in [1.807, 2.05) is 11.7 Å². The third-order valence-electron chi connectivity index (χ3n) is 5.17. The van der Waals surface area contributed by atoms with Crippen molar-refractivity contribution in [2.24, 2.45) is 12.5 Å². The maximum atomic E-state index is 11.3. The summed E-state index contributed by atoms with van der Waals surface area (Å²) in [6.45, 7) is 5.23. The second-order valence-electron chi connectivity index (χ2n) is 7.18. The number of nitrogens with zero attached hydrogens (tertiary/aromatic N) is 3. The van der Waals surface area contributed by atoms with Gasteiger partial charge in [-0.2, -0.15) is 5.10 Å². The summed E-state index contributed by atoms with van der Waals surface area (Å²) in [5.74, 6) is 0. The first kappa shape index (κ1) is 16.0. The van der Waals surface area contributed by atoms with Gasteiger partial charge in [0.25, 0.3) is 0 Å². The normalized spacial score (nSPS) is 22.9. The minimum absolute atomic E-state index is 0.155. The zero-order chi connectivity index (χ0) is 16.0. The molecular weight excluding hydrogens is 300 g/mol. The smallest absolute Gasteiger partial charge is 0.208 e. The quantitative estimate of drug-likeness (QED) is 0.897. The number of hydrogen-bond donors (Lipinski definition) is 1. The van der Waals surface area contributed by atoms with Crippen molar-refractivity contribution in [3.63, 3.8) is 0 Å². The van der Waals surface area contributed by atoms with E-state index in [9.17, 15) is 8.42 Å². The van der Waals surface area contributed by atoms with Crippen molar-refractivity contribution in [1.29, 1.82) is 0 Å². The molecule has 2 heterocycles. The van der Waals surface area contributed by atoms with E-state index in [1.54, 1.807) is 0 Å². The van der Waals surface area contributed by atoms with Crippen LogP contribution in [0.25, 0.3) is 0 Å². The summed E-state index contributed by atoms with van der Waals surface area (Å²) in [4.78, 5) is 2.49. The molecule has 7 heteroatoms. The van der Waals surface area contributed by atoms with Crippen LogP contribution in [-0.2, 0) is 23.6 Å². The molecule has 0 atom stereocenters. The Kier molecular flexibility index (Phi) is 4.07. The van der Waals surface area contributed by atoms with Crippen LogP contribution in [0.1, 0.15) is 36.9 Å². The van der Waals surface area contributed by atoms with Crippen molar-refractivity contribution < 1.29 is 8.42 Å². The molecule has 1 aromatic heterocycles. The maximum absolute atomic E-state index is 11.3. The van der Waals surface area contributed by atoms with Crippen LogP contribution in [0.5, 0.6) is 0 Å². The van der Waals surface area contributed by atoms with E-state index >= 15 is 0 Å². The first-order chi connectivity index (χ1) is 10.2. The van der Waals surface area contributed by atoms with Gasteiger partial charge in [0, 0.05) is 31.4 Å². The van der Waals surface area contributed by atoms with Crippen molar-refractivity contribution >= 4 is 10.0 Å². The summed E-state index contributed by atoms with van der Waals surface area (Å²) in [7, 11) is -1.10. The van der Waals surface area contributed by atoms with Gasteiger partial charge >= 0.3 is 0 Å². The summed E-state index contributed by atoms with van der Waals surface area (Å²) >= 11 is 0. The molecule has 1 aromatic rings. The van der Waals surface area contributed by atoms with E-state index in [4.69, 9.17) is 0 Å². The van der Waals surface area contributed by atoms with Gasteiger partial charge in [-0.15, -0.1) is 0 Å². The monoisotopic (exact) mass is 326 g/mol. The highest BCUT2D eigenvalue weighted by Gasteiger charge is 2.46. The predicted molar refractivity (Wildman–Crippen MR) is 85.9 cm³/mol. The molecule has 1 aliphatic carbocycles. The Bertz CT molecular complexity index is 636. The number of rotatable bonds is 4. The molecule has 2 aliphatic rings.